The highest BCUT2D eigenvalue weighted by Crippen LogP contribution is 2.18. The summed E-state index contributed by atoms with van der Waals surface area (Å²) in [7, 11) is -2.97. The number of carbonyl (C=O) groups is 1. The van der Waals surface area contributed by atoms with E-state index in [-0.39, 0.29) is 12.2 Å². The third-order valence-corrected chi connectivity index (χ3v) is 6.92. The van der Waals surface area contributed by atoms with Gasteiger partial charge in [0.15, 0.2) is 6.23 Å². The van der Waals surface area contributed by atoms with Gasteiger partial charge in [0.25, 0.3) is 0 Å². The van der Waals surface area contributed by atoms with E-state index in [1.807, 2.05) is 32.9 Å². The van der Waals surface area contributed by atoms with Gasteiger partial charge in [-0.2, -0.15) is 0 Å². The molecule has 124 valence electrons. The Morgan fingerprint density at radius 2 is 1.59 bits per heavy atom. The van der Waals surface area contributed by atoms with Gasteiger partial charge in [0.2, 0.25) is 0 Å². The Morgan fingerprint density at radius 1 is 1.05 bits per heavy atom. The Hall–Kier alpha value is 0.247. The standard InChI is InChI=1S/C14H20I2O5Si/c1-4-19-22(20-5-2,21-6-3)10-18-14(17)12-9-11(15)7-8-13(12)16/h7-9H,4-6,10H2,1-3H3. The summed E-state index contributed by atoms with van der Waals surface area (Å²) < 4.78 is 24.2. The normalized spacial score (nSPS) is 11.5. The van der Waals surface area contributed by atoms with E-state index >= 15 is 0 Å². The maximum Gasteiger partial charge on any atom is 0.540 e. The number of benzene rings is 1. The summed E-state index contributed by atoms with van der Waals surface area (Å²) in [6, 6.07) is 5.63. The summed E-state index contributed by atoms with van der Waals surface area (Å²) in [4.78, 5) is 12.3. The van der Waals surface area contributed by atoms with Gasteiger partial charge in [-0.1, -0.05) is 0 Å². The fraction of sp³-hybridized carbons (Fsp3) is 0.500. The number of carbonyl (C=O) groups excluding carboxylic acids is 1. The van der Waals surface area contributed by atoms with Crippen molar-refractivity contribution in [2.24, 2.45) is 0 Å². The molecule has 0 radical (unpaired) electrons. The molecule has 0 heterocycles. The van der Waals surface area contributed by atoms with Crippen molar-refractivity contribution in [3.8, 4) is 0 Å². The molecule has 0 aliphatic heterocycles. The average Bonchev–Trinajstić information content (AvgIpc) is 2.48. The van der Waals surface area contributed by atoms with Gasteiger partial charge in [0.05, 0.1) is 5.56 Å². The minimum absolute atomic E-state index is 0.0168. The molecule has 0 spiro atoms. The lowest BCUT2D eigenvalue weighted by Gasteiger charge is -2.27. The number of halogens is 2. The van der Waals surface area contributed by atoms with Gasteiger partial charge in [0.1, 0.15) is 0 Å². The Morgan fingerprint density at radius 3 is 2.09 bits per heavy atom. The van der Waals surface area contributed by atoms with E-state index in [9.17, 15) is 4.79 Å². The molecule has 0 saturated heterocycles. The van der Waals surface area contributed by atoms with Gasteiger partial charge in [-0.15, -0.1) is 0 Å². The fourth-order valence-electron chi connectivity index (χ4n) is 1.80. The molecule has 0 N–H and O–H groups in total. The van der Waals surface area contributed by atoms with Crippen LogP contribution >= 0.6 is 45.2 Å². The van der Waals surface area contributed by atoms with Crippen LogP contribution in [0.4, 0.5) is 0 Å². The van der Waals surface area contributed by atoms with Gasteiger partial charge in [-0.25, -0.2) is 4.79 Å². The third kappa shape index (κ3) is 6.04. The number of ether oxygens (including phenoxy) is 1. The maximum atomic E-state index is 12.3. The van der Waals surface area contributed by atoms with Crippen LogP contribution in [0.15, 0.2) is 18.2 Å². The van der Waals surface area contributed by atoms with Crippen LogP contribution in [-0.2, 0) is 18.0 Å². The summed E-state index contributed by atoms with van der Waals surface area (Å²) in [5.74, 6) is -0.390. The van der Waals surface area contributed by atoms with E-state index in [0.717, 1.165) is 7.14 Å². The minimum Gasteiger partial charge on any atom is -0.457 e. The van der Waals surface area contributed by atoms with Gasteiger partial charge in [0, 0.05) is 27.0 Å². The van der Waals surface area contributed by atoms with Crippen molar-refractivity contribution in [1.82, 2.24) is 0 Å². The molecule has 0 aliphatic rings. The first kappa shape index (κ1) is 20.3. The van der Waals surface area contributed by atoms with Gasteiger partial charge in [-0.3, -0.25) is 0 Å². The summed E-state index contributed by atoms with van der Waals surface area (Å²) in [6.45, 7) is 6.94. The highest BCUT2D eigenvalue weighted by Gasteiger charge is 2.42. The van der Waals surface area contributed by atoms with Crippen molar-refractivity contribution in [1.29, 1.82) is 0 Å². The predicted octanol–water partition coefficient (Wildman–Crippen LogP) is 3.64. The van der Waals surface area contributed by atoms with Crippen LogP contribution in [0, 0.1) is 7.14 Å². The van der Waals surface area contributed by atoms with E-state index < -0.39 is 8.80 Å². The van der Waals surface area contributed by atoms with Crippen LogP contribution in [-0.4, -0.2) is 40.8 Å². The Balaban J connectivity index is 2.82. The smallest absolute Gasteiger partial charge is 0.457 e. The fourth-order valence-corrected chi connectivity index (χ4v) is 4.97. The number of rotatable bonds is 9. The zero-order chi connectivity index (χ0) is 16.6. The molecule has 0 saturated carbocycles. The SMILES string of the molecule is CCO[Si](COC(=O)c1cc(I)ccc1I)(OCC)OCC. The van der Waals surface area contributed by atoms with Crippen molar-refractivity contribution >= 4 is 60.0 Å². The number of hydrogen-bond acceptors (Lipinski definition) is 5. The van der Waals surface area contributed by atoms with Gasteiger partial charge in [-0.05, 0) is 84.2 Å². The minimum atomic E-state index is -2.97. The molecule has 0 bridgehead atoms. The molecule has 1 aromatic carbocycles. The summed E-state index contributed by atoms with van der Waals surface area (Å²) in [6.07, 6.45) is 0.0168. The molecular formula is C14H20I2O5Si. The quantitative estimate of drug-likeness (QED) is 0.267. The zero-order valence-electron chi connectivity index (χ0n) is 12.9. The maximum absolute atomic E-state index is 12.3. The van der Waals surface area contributed by atoms with Crippen molar-refractivity contribution in [2.75, 3.05) is 26.1 Å². The zero-order valence-corrected chi connectivity index (χ0v) is 18.2. The second-order valence-corrected chi connectivity index (χ2v) is 9.11. The van der Waals surface area contributed by atoms with Crippen LogP contribution in [0.1, 0.15) is 31.1 Å². The molecular weight excluding hydrogens is 530 g/mol. The van der Waals surface area contributed by atoms with Crippen LogP contribution in [0.3, 0.4) is 0 Å². The predicted molar refractivity (Wildman–Crippen MR) is 103 cm³/mol. The summed E-state index contributed by atoms with van der Waals surface area (Å²) in [5.41, 5.74) is 0.542. The lowest BCUT2D eigenvalue weighted by molar-refractivity contribution is 0.0247. The first-order valence-corrected chi connectivity index (χ1v) is 11.1. The van der Waals surface area contributed by atoms with E-state index in [2.05, 4.69) is 45.2 Å². The third-order valence-electron chi connectivity index (χ3n) is 2.62. The Kier molecular flexibility index (Phi) is 9.39. The van der Waals surface area contributed by atoms with Crippen molar-refractivity contribution in [3.63, 3.8) is 0 Å². The number of esters is 1. The average molecular weight is 550 g/mol. The van der Waals surface area contributed by atoms with Gasteiger partial charge >= 0.3 is 14.8 Å². The van der Waals surface area contributed by atoms with E-state index in [4.69, 9.17) is 18.0 Å². The molecule has 0 amide bonds. The highest BCUT2D eigenvalue weighted by molar-refractivity contribution is 14.1. The van der Waals surface area contributed by atoms with Crippen LogP contribution in [0.5, 0.6) is 0 Å². The van der Waals surface area contributed by atoms with Crippen molar-refractivity contribution in [2.45, 2.75) is 20.8 Å². The molecule has 5 nitrogen and oxygen atoms in total. The molecule has 0 fully saturated rings. The lowest BCUT2D eigenvalue weighted by Crippen LogP contribution is -2.51. The van der Waals surface area contributed by atoms with Crippen LogP contribution in [0.25, 0.3) is 0 Å². The largest absolute Gasteiger partial charge is 0.540 e. The molecule has 0 unspecified atom stereocenters. The lowest BCUT2D eigenvalue weighted by atomic mass is 10.2. The van der Waals surface area contributed by atoms with E-state index in [0.29, 0.717) is 25.4 Å². The van der Waals surface area contributed by atoms with Crippen LogP contribution < -0.4 is 0 Å². The summed E-state index contributed by atoms with van der Waals surface area (Å²) >= 11 is 4.28. The molecule has 0 atom stereocenters. The molecule has 22 heavy (non-hydrogen) atoms. The topological polar surface area (TPSA) is 54.0 Å². The molecule has 8 heteroatoms. The van der Waals surface area contributed by atoms with E-state index in [1.165, 1.54) is 0 Å². The monoisotopic (exact) mass is 550 g/mol. The Bertz CT molecular complexity index is 481. The molecule has 1 aromatic rings. The first-order valence-electron chi connectivity index (χ1n) is 7.02. The van der Waals surface area contributed by atoms with Crippen molar-refractivity contribution < 1.29 is 22.8 Å². The van der Waals surface area contributed by atoms with Crippen molar-refractivity contribution in [3.05, 3.63) is 30.9 Å². The van der Waals surface area contributed by atoms with Gasteiger partial charge < -0.3 is 18.0 Å². The van der Waals surface area contributed by atoms with Crippen LogP contribution in [0.2, 0.25) is 0 Å². The van der Waals surface area contributed by atoms with E-state index in [1.54, 1.807) is 6.07 Å². The molecule has 1 rings (SSSR count). The molecule has 0 aromatic heterocycles. The summed E-state index contributed by atoms with van der Waals surface area (Å²) in [5, 5.41) is 0. The highest BCUT2D eigenvalue weighted by atomic mass is 127. The second-order valence-electron chi connectivity index (χ2n) is 4.18. The number of hydrogen-bond donors (Lipinski definition) is 0. The first-order chi connectivity index (χ1) is 10.5. The second kappa shape index (κ2) is 10.2. The molecule has 0 aliphatic carbocycles. The Labute approximate surface area is 159 Å².